The normalized spacial score (nSPS) is 23.4. The molecule has 1 aliphatic heterocycles. The van der Waals surface area contributed by atoms with Crippen molar-refractivity contribution in [2.75, 3.05) is 14.1 Å². The standard InChI is InChI=1S/C14H22N.HI/c1-13(2)11-9-7-8-10-12(11)14(3,4)15(13,5)6;/h7-10H,1-6H3;1H/q+1;/p-1. The van der Waals surface area contributed by atoms with Crippen LogP contribution in [0.2, 0.25) is 0 Å². The van der Waals surface area contributed by atoms with Gasteiger partial charge in [0.05, 0.1) is 14.1 Å². The lowest BCUT2D eigenvalue weighted by Gasteiger charge is -2.47. The predicted molar refractivity (Wildman–Crippen MR) is 64.6 cm³/mol. The van der Waals surface area contributed by atoms with E-state index in [1.54, 1.807) is 0 Å². The molecule has 1 nitrogen and oxygen atoms in total. The molecular formula is C14H22IN. The second kappa shape index (κ2) is 3.70. The van der Waals surface area contributed by atoms with Crippen molar-refractivity contribution in [3.05, 3.63) is 35.4 Å². The number of halogens is 1. The monoisotopic (exact) mass is 331 g/mol. The van der Waals surface area contributed by atoms with Crippen LogP contribution in [0.4, 0.5) is 0 Å². The van der Waals surface area contributed by atoms with Crippen LogP contribution in [0.1, 0.15) is 38.8 Å². The topological polar surface area (TPSA) is 0 Å². The van der Waals surface area contributed by atoms with Gasteiger partial charge < -0.3 is 28.5 Å². The second-order valence-electron chi connectivity index (χ2n) is 6.12. The van der Waals surface area contributed by atoms with Crippen molar-refractivity contribution in [1.29, 1.82) is 0 Å². The van der Waals surface area contributed by atoms with E-state index in [1.165, 1.54) is 11.1 Å². The van der Waals surface area contributed by atoms with Crippen LogP contribution in [0, 0.1) is 0 Å². The Bertz CT molecular complexity index is 368. The van der Waals surface area contributed by atoms with Crippen molar-refractivity contribution < 1.29 is 28.5 Å². The van der Waals surface area contributed by atoms with Crippen LogP contribution in [0.15, 0.2) is 24.3 Å². The number of fused-ring (bicyclic) bond motifs is 1. The summed E-state index contributed by atoms with van der Waals surface area (Å²) in [6.07, 6.45) is 0. The highest BCUT2D eigenvalue weighted by Crippen LogP contribution is 2.52. The van der Waals surface area contributed by atoms with Gasteiger partial charge in [0.1, 0.15) is 11.1 Å². The Morgan fingerprint density at radius 3 is 1.44 bits per heavy atom. The lowest BCUT2D eigenvalue weighted by molar-refractivity contribution is -0.988. The number of rotatable bonds is 0. The molecule has 2 heteroatoms. The second-order valence-corrected chi connectivity index (χ2v) is 6.12. The van der Waals surface area contributed by atoms with E-state index < -0.39 is 0 Å². The molecule has 0 radical (unpaired) electrons. The fraction of sp³-hybridized carbons (Fsp3) is 0.571. The Hall–Kier alpha value is -0.0900. The number of benzene rings is 1. The van der Waals surface area contributed by atoms with E-state index >= 15 is 0 Å². The zero-order valence-electron chi connectivity index (χ0n) is 11.1. The summed E-state index contributed by atoms with van der Waals surface area (Å²) in [6, 6.07) is 8.87. The van der Waals surface area contributed by atoms with Gasteiger partial charge in [0, 0.05) is 11.1 Å². The van der Waals surface area contributed by atoms with Gasteiger partial charge in [-0.25, -0.2) is 0 Å². The van der Waals surface area contributed by atoms with Gasteiger partial charge >= 0.3 is 0 Å². The van der Waals surface area contributed by atoms with E-state index in [1.807, 2.05) is 0 Å². The number of hydrogen-bond acceptors (Lipinski definition) is 0. The SMILES string of the molecule is CC1(C)c2ccccc2C(C)(C)[N+]1(C)C.[I-]. The highest BCUT2D eigenvalue weighted by atomic mass is 127. The number of quaternary nitrogens is 1. The van der Waals surface area contributed by atoms with Crippen molar-refractivity contribution in [1.82, 2.24) is 0 Å². The highest BCUT2D eigenvalue weighted by Gasteiger charge is 2.57. The molecule has 0 aliphatic carbocycles. The van der Waals surface area contributed by atoms with E-state index in [4.69, 9.17) is 0 Å². The zero-order chi connectivity index (χ0) is 11.5. The minimum absolute atomic E-state index is 0. The summed E-state index contributed by atoms with van der Waals surface area (Å²) in [5, 5.41) is 0. The smallest absolute Gasteiger partial charge is 0.120 e. The first-order chi connectivity index (χ1) is 6.73. The lowest BCUT2D eigenvalue weighted by atomic mass is 9.91. The molecule has 0 N–H and O–H groups in total. The van der Waals surface area contributed by atoms with Gasteiger partial charge in [0.25, 0.3) is 0 Å². The van der Waals surface area contributed by atoms with Gasteiger partial charge in [-0.1, -0.05) is 24.3 Å². The minimum atomic E-state index is 0. The highest BCUT2D eigenvalue weighted by molar-refractivity contribution is 5.39. The maximum atomic E-state index is 2.35. The average molecular weight is 331 g/mol. The Balaban J connectivity index is 0.00000128. The molecule has 0 saturated heterocycles. The summed E-state index contributed by atoms with van der Waals surface area (Å²) in [7, 11) is 4.67. The Kier molecular flexibility index (Phi) is 3.23. The summed E-state index contributed by atoms with van der Waals surface area (Å²) in [5.74, 6) is 0. The van der Waals surface area contributed by atoms with Crippen LogP contribution in [0.5, 0.6) is 0 Å². The molecule has 0 aromatic heterocycles. The first kappa shape index (κ1) is 14.0. The van der Waals surface area contributed by atoms with Crippen LogP contribution in [0.25, 0.3) is 0 Å². The van der Waals surface area contributed by atoms with Crippen LogP contribution >= 0.6 is 0 Å². The van der Waals surface area contributed by atoms with Crippen LogP contribution in [-0.4, -0.2) is 18.6 Å². The Morgan fingerprint density at radius 1 is 0.812 bits per heavy atom. The molecule has 16 heavy (non-hydrogen) atoms. The molecule has 2 rings (SSSR count). The van der Waals surface area contributed by atoms with E-state index in [0.29, 0.717) is 0 Å². The van der Waals surface area contributed by atoms with E-state index in [-0.39, 0.29) is 35.1 Å². The third-order valence-corrected chi connectivity index (χ3v) is 5.04. The number of hydrogen-bond donors (Lipinski definition) is 0. The fourth-order valence-electron chi connectivity index (χ4n) is 2.85. The lowest BCUT2D eigenvalue weighted by Crippen LogP contribution is -3.00. The van der Waals surface area contributed by atoms with Crippen molar-refractivity contribution in [2.24, 2.45) is 0 Å². The van der Waals surface area contributed by atoms with Gasteiger partial charge in [-0.2, -0.15) is 0 Å². The maximum Gasteiger partial charge on any atom is 0.120 e. The van der Waals surface area contributed by atoms with E-state index in [9.17, 15) is 0 Å². The molecule has 0 saturated carbocycles. The van der Waals surface area contributed by atoms with Gasteiger partial charge in [0.15, 0.2) is 0 Å². The summed E-state index contributed by atoms with van der Waals surface area (Å²) in [4.78, 5) is 0. The summed E-state index contributed by atoms with van der Waals surface area (Å²) in [6.45, 7) is 9.39. The van der Waals surface area contributed by atoms with Gasteiger partial charge in [0.2, 0.25) is 0 Å². The Labute approximate surface area is 116 Å². The summed E-state index contributed by atoms with van der Waals surface area (Å²) >= 11 is 0. The van der Waals surface area contributed by atoms with E-state index in [0.717, 1.165) is 4.48 Å². The van der Waals surface area contributed by atoms with Crippen molar-refractivity contribution in [3.63, 3.8) is 0 Å². The quantitative estimate of drug-likeness (QED) is 0.472. The molecule has 0 fully saturated rings. The first-order valence-corrected chi connectivity index (χ1v) is 5.67. The summed E-state index contributed by atoms with van der Waals surface area (Å²) < 4.78 is 1.01. The summed E-state index contributed by atoms with van der Waals surface area (Å²) in [5.41, 5.74) is 3.39. The van der Waals surface area contributed by atoms with Gasteiger partial charge in [-0.15, -0.1) is 0 Å². The molecule has 0 spiro atoms. The van der Waals surface area contributed by atoms with Gasteiger partial charge in [-0.3, -0.25) is 0 Å². The fourth-order valence-corrected chi connectivity index (χ4v) is 2.85. The third-order valence-electron chi connectivity index (χ3n) is 5.04. The third kappa shape index (κ3) is 1.39. The average Bonchev–Trinajstić information content (AvgIpc) is 2.26. The Morgan fingerprint density at radius 2 is 1.12 bits per heavy atom. The molecule has 1 aromatic rings. The zero-order valence-corrected chi connectivity index (χ0v) is 13.3. The van der Waals surface area contributed by atoms with Crippen molar-refractivity contribution in [3.8, 4) is 0 Å². The van der Waals surface area contributed by atoms with Crippen molar-refractivity contribution >= 4 is 0 Å². The molecule has 0 atom stereocenters. The molecule has 0 bridgehead atoms. The molecule has 1 aromatic carbocycles. The van der Waals surface area contributed by atoms with Crippen LogP contribution in [-0.2, 0) is 11.1 Å². The molecule has 90 valence electrons. The predicted octanol–water partition coefficient (Wildman–Crippen LogP) is 0.251. The maximum absolute atomic E-state index is 2.35. The van der Waals surface area contributed by atoms with E-state index in [2.05, 4.69) is 66.1 Å². The largest absolute Gasteiger partial charge is 1.00 e. The van der Waals surface area contributed by atoms with Crippen LogP contribution in [0.3, 0.4) is 0 Å². The molecule has 1 aliphatic rings. The first-order valence-electron chi connectivity index (χ1n) is 5.67. The minimum Gasteiger partial charge on any atom is -1.00 e. The van der Waals surface area contributed by atoms with Crippen LogP contribution < -0.4 is 24.0 Å². The molecule has 1 heterocycles. The number of nitrogens with zero attached hydrogens (tertiary/aromatic N) is 1. The van der Waals surface area contributed by atoms with Gasteiger partial charge in [-0.05, 0) is 27.7 Å². The van der Waals surface area contributed by atoms with Crippen molar-refractivity contribution in [2.45, 2.75) is 38.8 Å². The molecule has 0 amide bonds. The molecular weight excluding hydrogens is 309 g/mol. The molecule has 0 unspecified atom stereocenters.